The van der Waals surface area contributed by atoms with Gasteiger partial charge in [0.15, 0.2) is 0 Å². The molecule has 0 aromatic carbocycles. The number of pyridine rings is 1. The molecule has 0 bridgehead atoms. The van der Waals surface area contributed by atoms with Gasteiger partial charge in [0, 0.05) is 18.3 Å². The van der Waals surface area contributed by atoms with E-state index in [0.29, 0.717) is 28.1 Å². The average molecular weight is 315 g/mol. The molecule has 0 unspecified atom stereocenters. The molecule has 0 aliphatic heterocycles. The summed E-state index contributed by atoms with van der Waals surface area (Å²) in [5.41, 5.74) is 1.44. The van der Waals surface area contributed by atoms with Crippen LogP contribution in [0.25, 0.3) is 0 Å². The summed E-state index contributed by atoms with van der Waals surface area (Å²) in [6.07, 6.45) is 1.24. The van der Waals surface area contributed by atoms with E-state index >= 15 is 0 Å². The summed E-state index contributed by atoms with van der Waals surface area (Å²) in [6.45, 7) is 2.13. The number of rotatable bonds is 4. The molecular formula is C12H12Cl2N4O2. The quantitative estimate of drug-likeness (QED) is 0.691. The monoisotopic (exact) mass is 314 g/mol. The topological polar surface area (TPSA) is 73.0 Å². The Morgan fingerprint density at radius 1 is 1.45 bits per heavy atom. The minimum absolute atomic E-state index is 0.000468. The third-order valence-corrected chi connectivity index (χ3v) is 3.79. The van der Waals surface area contributed by atoms with Crippen molar-refractivity contribution in [1.82, 2.24) is 9.55 Å². The summed E-state index contributed by atoms with van der Waals surface area (Å²) in [4.78, 5) is 14.3. The van der Waals surface area contributed by atoms with Crippen LogP contribution in [0, 0.1) is 17.0 Å². The van der Waals surface area contributed by atoms with Gasteiger partial charge in [-0.2, -0.15) is 0 Å². The second kappa shape index (κ2) is 5.68. The first kappa shape index (κ1) is 14.6. The Balaban J connectivity index is 2.13. The van der Waals surface area contributed by atoms with Gasteiger partial charge >= 0.3 is 0 Å². The zero-order valence-electron chi connectivity index (χ0n) is 10.9. The number of halogens is 2. The predicted molar refractivity (Wildman–Crippen MR) is 78.4 cm³/mol. The van der Waals surface area contributed by atoms with Crippen LogP contribution in [0.5, 0.6) is 0 Å². The lowest BCUT2D eigenvalue weighted by atomic mass is 10.2. The van der Waals surface area contributed by atoms with Crippen LogP contribution in [0.1, 0.15) is 11.3 Å². The lowest BCUT2D eigenvalue weighted by Crippen LogP contribution is -2.06. The van der Waals surface area contributed by atoms with Gasteiger partial charge in [0.1, 0.15) is 17.2 Å². The van der Waals surface area contributed by atoms with Crippen LogP contribution in [-0.2, 0) is 13.6 Å². The highest BCUT2D eigenvalue weighted by Crippen LogP contribution is 2.26. The maximum atomic E-state index is 10.7. The van der Waals surface area contributed by atoms with Gasteiger partial charge < -0.3 is 9.88 Å². The van der Waals surface area contributed by atoms with Crippen molar-refractivity contribution in [2.75, 3.05) is 5.32 Å². The van der Waals surface area contributed by atoms with Crippen molar-refractivity contribution in [2.24, 2.45) is 7.05 Å². The molecule has 0 aliphatic carbocycles. The Kier molecular flexibility index (Phi) is 4.15. The summed E-state index contributed by atoms with van der Waals surface area (Å²) in [5.74, 6) is 0.557. The van der Waals surface area contributed by atoms with E-state index in [4.69, 9.17) is 23.2 Å². The predicted octanol–water partition coefficient (Wildman–Crippen LogP) is 3.56. The molecule has 0 amide bonds. The van der Waals surface area contributed by atoms with Crippen LogP contribution in [0.2, 0.25) is 10.2 Å². The molecule has 1 N–H and O–H groups in total. The molecule has 2 heterocycles. The first-order valence-electron chi connectivity index (χ1n) is 5.74. The fourth-order valence-electron chi connectivity index (χ4n) is 1.78. The van der Waals surface area contributed by atoms with E-state index < -0.39 is 4.92 Å². The van der Waals surface area contributed by atoms with Gasteiger partial charge in [0.2, 0.25) is 0 Å². The standard InChI is InChI=1S/C12H12Cl2N4O2/c1-7-3-11(16-6-10(7)18(19)20)15-5-8-4-9(13)12(14)17(8)2/h3-4,6H,5H2,1-2H3,(H,15,16). The normalized spacial score (nSPS) is 10.6. The van der Waals surface area contributed by atoms with Crippen LogP contribution in [0.4, 0.5) is 11.5 Å². The number of nitrogens with zero attached hydrogens (tertiary/aromatic N) is 3. The number of aromatic nitrogens is 2. The third-order valence-electron chi connectivity index (χ3n) is 2.95. The minimum atomic E-state index is -0.456. The maximum absolute atomic E-state index is 10.7. The highest BCUT2D eigenvalue weighted by molar-refractivity contribution is 6.41. The van der Waals surface area contributed by atoms with Crippen LogP contribution in [0.3, 0.4) is 0 Å². The zero-order valence-corrected chi connectivity index (χ0v) is 12.4. The number of hydrogen-bond acceptors (Lipinski definition) is 4. The molecule has 0 aliphatic rings. The molecule has 6 nitrogen and oxygen atoms in total. The Morgan fingerprint density at radius 3 is 2.65 bits per heavy atom. The molecular weight excluding hydrogens is 303 g/mol. The van der Waals surface area contributed by atoms with Crippen molar-refractivity contribution in [1.29, 1.82) is 0 Å². The van der Waals surface area contributed by atoms with E-state index in [9.17, 15) is 10.1 Å². The van der Waals surface area contributed by atoms with Gasteiger partial charge in [-0.3, -0.25) is 10.1 Å². The number of nitrogens with one attached hydrogen (secondary N) is 1. The van der Waals surface area contributed by atoms with E-state index in [1.807, 2.05) is 0 Å². The van der Waals surface area contributed by atoms with Gasteiger partial charge in [-0.05, 0) is 19.1 Å². The fraction of sp³-hybridized carbons (Fsp3) is 0.250. The molecule has 8 heteroatoms. The van der Waals surface area contributed by atoms with Crippen molar-refractivity contribution in [3.05, 3.63) is 49.9 Å². The van der Waals surface area contributed by atoms with Gasteiger partial charge in [0.05, 0.1) is 16.5 Å². The second-order valence-corrected chi connectivity index (χ2v) is 5.07. The van der Waals surface area contributed by atoms with Crippen molar-refractivity contribution in [3.8, 4) is 0 Å². The lowest BCUT2D eigenvalue weighted by molar-refractivity contribution is -0.385. The highest BCUT2D eigenvalue weighted by Gasteiger charge is 2.12. The Labute approximate surface area is 125 Å². The lowest BCUT2D eigenvalue weighted by Gasteiger charge is -2.07. The van der Waals surface area contributed by atoms with E-state index in [1.54, 1.807) is 30.7 Å². The van der Waals surface area contributed by atoms with Crippen molar-refractivity contribution < 1.29 is 4.92 Å². The number of anilines is 1. The number of hydrogen-bond donors (Lipinski definition) is 1. The van der Waals surface area contributed by atoms with Gasteiger partial charge in [-0.1, -0.05) is 23.2 Å². The summed E-state index contributed by atoms with van der Waals surface area (Å²) in [5, 5.41) is 14.7. The van der Waals surface area contributed by atoms with Crippen molar-refractivity contribution in [3.63, 3.8) is 0 Å². The van der Waals surface area contributed by atoms with Crippen molar-refractivity contribution >= 4 is 34.7 Å². The molecule has 106 valence electrons. The van der Waals surface area contributed by atoms with Gasteiger partial charge in [0.25, 0.3) is 5.69 Å². The molecule has 0 atom stereocenters. The molecule has 0 spiro atoms. The first-order valence-corrected chi connectivity index (χ1v) is 6.50. The Hall–Kier alpha value is -1.79. The van der Waals surface area contributed by atoms with E-state index in [2.05, 4.69) is 10.3 Å². The van der Waals surface area contributed by atoms with E-state index in [0.717, 1.165) is 5.69 Å². The maximum Gasteiger partial charge on any atom is 0.290 e. The van der Waals surface area contributed by atoms with Crippen LogP contribution in [0.15, 0.2) is 18.3 Å². The van der Waals surface area contributed by atoms with Crippen LogP contribution in [-0.4, -0.2) is 14.5 Å². The summed E-state index contributed by atoms with van der Waals surface area (Å²) in [7, 11) is 1.81. The summed E-state index contributed by atoms with van der Waals surface area (Å²) >= 11 is 11.9. The van der Waals surface area contributed by atoms with Crippen LogP contribution >= 0.6 is 23.2 Å². The second-order valence-electron chi connectivity index (χ2n) is 4.30. The largest absolute Gasteiger partial charge is 0.364 e. The molecule has 0 fully saturated rings. The average Bonchev–Trinajstić information content (AvgIpc) is 2.63. The summed E-state index contributed by atoms with van der Waals surface area (Å²) < 4.78 is 1.76. The summed E-state index contributed by atoms with van der Waals surface area (Å²) in [6, 6.07) is 3.39. The van der Waals surface area contributed by atoms with Crippen molar-refractivity contribution in [2.45, 2.75) is 13.5 Å². The van der Waals surface area contributed by atoms with Crippen LogP contribution < -0.4 is 5.32 Å². The smallest absolute Gasteiger partial charge is 0.290 e. The van der Waals surface area contributed by atoms with Gasteiger partial charge in [-0.15, -0.1) is 0 Å². The Morgan fingerprint density at radius 2 is 2.15 bits per heavy atom. The molecule has 2 rings (SSSR count). The third kappa shape index (κ3) is 2.86. The molecule has 0 radical (unpaired) electrons. The number of aryl methyl sites for hydroxylation is 1. The molecule has 2 aromatic rings. The first-order chi connectivity index (χ1) is 9.40. The highest BCUT2D eigenvalue weighted by atomic mass is 35.5. The fourth-order valence-corrected chi connectivity index (χ4v) is 2.19. The molecule has 20 heavy (non-hydrogen) atoms. The minimum Gasteiger partial charge on any atom is -0.364 e. The molecule has 0 saturated carbocycles. The van der Waals surface area contributed by atoms with E-state index in [1.165, 1.54) is 6.20 Å². The zero-order chi connectivity index (χ0) is 14.9. The SMILES string of the molecule is Cc1cc(NCc2cc(Cl)c(Cl)n2C)ncc1[N+](=O)[O-]. The molecule has 0 saturated heterocycles. The van der Waals surface area contributed by atoms with Gasteiger partial charge in [-0.25, -0.2) is 4.98 Å². The molecule has 2 aromatic heterocycles. The van der Waals surface area contributed by atoms with E-state index in [-0.39, 0.29) is 5.69 Å². The number of nitro groups is 1. The Bertz CT molecular complexity index is 670.